The van der Waals surface area contributed by atoms with Crippen molar-refractivity contribution in [3.63, 3.8) is 0 Å². The molecule has 0 unspecified atom stereocenters. The number of nitrogens with one attached hydrogen (secondary N) is 1. The minimum Gasteiger partial charge on any atom is -0.445 e. The number of aryl methyl sites for hydroxylation is 1. The molecule has 0 aliphatic carbocycles. The van der Waals surface area contributed by atoms with E-state index in [9.17, 15) is 9.59 Å². The molecular weight excluding hydrogens is 344 g/mol. The van der Waals surface area contributed by atoms with Gasteiger partial charge in [-0.25, -0.2) is 9.59 Å². The second-order valence-corrected chi connectivity index (χ2v) is 5.85. The fourth-order valence-electron chi connectivity index (χ4n) is 2.48. The zero-order chi connectivity index (χ0) is 19.6. The van der Waals surface area contributed by atoms with Gasteiger partial charge in [-0.15, -0.1) is 0 Å². The Balaban J connectivity index is 2.11. The summed E-state index contributed by atoms with van der Waals surface area (Å²) in [5.74, 6) is 0.330. The molecule has 0 saturated heterocycles. The summed E-state index contributed by atoms with van der Waals surface area (Å²) in [6, 6.07) is 14.2. The molecule has 0 fully saturated rings. The van der Waals surface area contributed by atoms with Crippen LogP contribution in [-0.2, 0) is 4.74 Å². The van der Waals surface area contributed by atoms with Gasteiger partial charge in [0, 0.05) is 24.0 Å². The first kappa shape index (κ1) is 20.0. The van der Waals surface area contributed by atoms with Gasteiger partial charge in [0.2, 0.25) is 0 Å². The van der Waals surface area contributed by atoms with Gasteiger partial charge in [-0.05, 0) is 37.1 Å². The first-order valence-electron chi connectivity index (χ1n) is 8.75. The van der Waals surface area contributed by atoms with Crippen LogP contribution < -0.4 is 15.0 Å². The van der Waals surface area contributed by atoms with Crippen LogP contribution in [0.25, 0.3) is 0 Å². The summed E-state index contributed by atoms with van der Waals surface area (Å²) < 4.78 is 10.4. The summed E-state index contributed by atoms with van der Waals surface area (Å²) >= 11 is 0. The highest BCUT2D eigenvalue weighted by Crippen LogP contribution is 2.23. The third-order valence-corrected chi connectivity index (χ3v) is 3.69. The van der Waals surface area contributed by atoms with E-state index in [4.69, 9.17) is 9.47 Å². The van der Waals surface area contributed by atoms with E-state index in [2.05, 4.69) is 11.9 Å². The quantitative estimate of drug-likeness (QED) is 0.687. The maximum Gasteiger partial charge on any atom is 0.419 e. The highest BCUT2D eigenvalue weighted by Gasteiger charge is 2.19. The van der Waals surface area contributed by atoms with Gasteiger partial charge in [-0.1, -0.05) is 43.8 Å². The number of para-hydroxylation sites is 1. The van der Waals surface area contributed by atoms with Crippen molar-refractivity contribution in [2.75, 3.05) is 23.4 Å². The van der Waals surface area contributed by atoms with Gasteiger partial charge in [0.25, 0.3) is 0 Å². The topological polar surface area (TPSA) is 67.9 Å². The number of anilines is 2. The Bertz CT molecular complexity index is 804. The van der Waals surface area contributed by atoms with E-state index < -0.39 is 12.2 Å². The molecule has 6 heteroatoms. The van der Waals surface area contributed by atoms with Gasteiger partial charge in [0.1, 0.15) is 12.4 Å². The lowest BCUT2D eigenvalue weighted by molar-refractivity contribution is 0.174. The summed E-state index contributed by atoms with van der Waals surface area (Å²) in [5.41, 5.74) is 2.27. The third kappa shape index (κ3) is 5.88. The normalized spacial score (nSPS) is 10.0. The molecule has 0 atom stereocenters. The predicted molar refractivity (Wildman–Crippen MR) is 106 cm³/mol. The fraction of sp³-hybridized carbons (Fsp3) is 0.238. The monoisotopic (exact) mass is 368 g/mol. The molecular formula is C21H24N2O4. The lowest BCUT2D eigenvalue weighted by Gasteiger charge is -2.23. The highest BCUT2D eigenvalue weighted by atomic mass is 16.6. The van der Waals surface area contributed by atoms with E-state index >= 15 is 0 Å². The number of rotatable bonds is 7. The molecule has 6 nitrogen and oxygen atoms in total. The van der Waals surface area contributed by atoms with E-state index in [1.165, 1.54) is 6.08 Å². The van der Waals surface area contributed by atoms with Crippen LogP contribution in [0.2, 0.25) is 0 Å². The fourth-order valence-corrected chi connectivity index (χ4v) is 2.48. The van der Waals surface area contributed by atoms with Crippen molar-refractivity contribution in [2.45, 2.75) is 20.3 Å². The van der Waals surface area contributed by atoms with Crippen molar-refractivity contribution >= 4 is 23.6 Å². The van der Waals surface area contributed by atoms with Gasteiger partial charge >= 0.3 is 12.2 Å². The van der Waals surface area contributed by atoms with Crippen molar-refractivity contribution in [1.29, 1.82) is 0 Å². The Labute approximate surface area is 159 Å². The first-order chi connectivity index (χ1) is 13.0. The number of nitrogens with zero attached hydrogens (tertiary/aromatic N) is 1. The first-order valence-corrected chi connectivity index (χ1v) is 8.75. The van der Waals surface area contributed by atoms with E-state index in [0.29, 0.717) is 18.0 Å². The van der Waals surface area contributed by atoms with Crippen LogP contribution in [0, 0.1) is 6.92 Å². The van der Waals surface area contributed by atoms with Gasteiger partial charge in [-0.2, -0.15) is 0 Å². The molecule has 142 valence electrons. The van der Waals surface area contributed by atoms with Crippen LogP contribution in [-0.4, -0.2) is 25.3 Å². The summed E-state index contributed by atoms with van der Waals surface area (Å²) in [6.07, 6.45) is 1.19. The molecule has 2 rings (SSSR count). The number of benzene rings is 2. The smallest absolute Gasteiger partial charge is 0.419 e. The van der Waals surface area contributed by atoms with Crippen LogP contribution in [0.3, 0.4) is 0 Å². The molecule has 1 N–H and O–H groups in total. The lowest BCUT2D eigenvalue weighted by Crippen LogP contribution is -2.34. The molecule has 27 heavy (non-hydrogen) atoms. The second-order valence-electron chi connectivity index (χ2n) is 5.85. The number of hydrogen-bond acceptors (Lipinski definition) is 4. The minimum atomic E-state index is -0.606. The van der Waals surface area contributed by atoms with Crippen LogP contribution in [0.1, 0.15) is 18.9 Å². The lowest BCUT2D eigenvalue weighted by atomic mass is 10.2. The average Bonchev–Trinajstić information content (AvgIpc) is 2.65. The summed E-state index contributed by atoms with van der Waals surface area (Å²) in [4.78, 5) is 25.9. The number of carbonyl (C=O) groups is 2. The SMILES string of the molecule is C=CCOC(=O)Nc1cccc(OC(=O)N(CCC)c2ccccc2C)c1. The van der Waals surface area contributed by atoms with Crippen LogP contribution >= 0.6 is 0 Å². The Morgan fingerprint density at radius 3 is 2.67 bits per heavy atom. The second kappa shape index (κ2) is 10.0. The summed E-state index contributed by atoms with van der Waals surface area (Å²) in [5, 5.41) is 2.57. The van der Waals surface area contributed by atoms with Crippen molar-refractivity contribution < 1.29 is 19.1 Å². The van der Waals surface area contributed by atoms with E-state index in [1.54, 1.807) is 29.2 Å². The summed E-state index contributed by atoms with van der Waals surface area (Å²) in [7, 11) is 0. The van der Waals surface area contributed by atoms with E-state index in [-0.39, 0.29) is 6.61 Å². The number of ether oxygens (including phenoxy) is 2. The molecule has 0 spiro atoms. The Kier molecular flexibility index (Phi) is 7.43. The van der Waals surface area contributed by atoms with Crippen molar-refractivity contribution in [3.8, 4) is 5.75 Å². The molecule has 0 aliphatic heterocycles. The van der Waals surface area contributed by atoms with Gasteiger partial charge < -0.3 is 9.47 Å². The summed E-state index contributed by atoms with van der Waals surface area (Å²) in [6.45, 7) is 8.08. The molecule has 0 aliphatic rings. The average molecular weight is 368 g/mol. The van der Waals surface area contributed by atoms with Crippen LogP contribution in [0.15, 0.2) is 61.2 Å². The predicted octanol–water partition coefficient (Wildman–Crippen LogP) is 5.14. The molecule has 2 aromatic rings. The van der Waals surface area contributed by atoms with Crippen LogP contribution in [0.5, 0.6) is 5.75 Å². The number of amides is 2. The minimum absolute atomic E-state index is 0.114. The number of carbonyl (C=O) groups excluding carboxylic acids is 2. The molecule has 0 saturated carbocycles. The van der Waals surface area contributed by atoms with Crippen molar-refractivity contribution in [1.82, 2.24) is 0 Å². The Morgan fingerprint density at radius 2 is 1.96 bits per heavy atom. The largest absolute Gasteiger partial charge is 0.445 e. The molecule has 0 heterocycles. The van der Waals surface area contributed by atoms with Crippen molar-refractivity contribution in [3.05, 3.63) is 66.7 Å². The maximum absolute atomic E-state index is 12.7. The zero-order valence-corrected chi connectivity index (χ0v) is 15.6. The highest BCUT2D eigenvalue weighted by molar-refractivity contribution is 5.90. The molecule has 0 bridgehead atoms. The molecule has 2 aromatic carbocycles. The number of hydrogen-bond donors (Lipinski definition) is 1. The molecule has 0 radical (unpaired) electrons. The third-order valence-electron chi connectivity index (χ3n) is 3.69. The van der Waals surface area contributed by atoms with Crippen molar-refractivity contribution in [2.24, 2.45) is 0 Å². The van der Waals surface area contributed by atoms with Crippen LogP contribution in [0.4, 0.5) is 21.0 Å². The molecule has 0 aromatic heterocycles. The Morgan fingerprint density at radius 1 is 1.19 bits per heavy atom. The van der Waals surface area contributed by atoms with Gasteiger partial charge in [0.15, 0.2) is 0 Å². The van der Waals surface area contributed by atoms with E-state index in [0.717, 1.165) is 17.7 Å². The Hall–Kier alpha value is -3.28. The zero-order valence-electron chi connectivity index (χ0n) is 15.6. The van der Waals surface area contributed by atoms with E-state index in [1.807, 2.05) is 38.1 Å². The van der Waals surface area contributed by atoms with Gasteiger partial charge in [0.05, 0.1) is 0 Å². The maximum atomic E-state index is 12.7. The standard InChI is InChI=1S/C21H24N2O4/c1-4-13-23(19-12-7-6-9-16(19)3)21(25)27-18-11-8-10-17(15-18)22-20(24)26-14-5-2/h5-12,15H,2,4,13-14H2,1,3H3,(H,22,24). The molecule has 2 amide bonds. The van der Waals surface area contributed by atoms with Gasteiger partial charge in [-0.3, -0.25) is 10.2 Å².